The maximum absolute atomic E-state index is 13.8. The zero-order valence-corrected chi connectivity index (χ0v) is 12.8. The monoisotopic (exact) mass is 338 g/mol. The van der Waals surface area contributed by atoms with Crippen LogP contribution in [0.25, 0.3) is 0 Å². The van der Waals surface area contributed by atoms with E-state index in [1.54, 1.807) is 19.2 Å². The van der Waals surface area contributed by atoms with Gasteiger partial charge in [-0.25, -0.2) is 4.39 Å². The molecule has 1 unspecified atom stereocenters. The third-order valence-electron chi connectivity index (χ3n) is 2.98. The Hall–Kier alpha value is -1.39. The summed E-state index contributed by atoms with van der Waals surface area (Å²) in [5.74, 6) is 0.537. The molecule has 0 radical (unpaired) electrons. The minimum absolute atomic E-state index is 0.248. The van der Waals surface area contributed by atoms with E-state index in [4.69, 9.17) is 9.47 Å². The van der Waals surface area contributed by atoms with Gasteiger partial charge in [0.1, 0.15) is 11.6 Å². The molecule has 2 rings (SSSR count). The van der Waals surface area contributed by atoms with Crippen molar-refractivity contribution in [3.05, 3.63) is 65.5 Å². The molecule has 20 heavy (non-hydrogen) atoms. The molecule has 0 aliphatic rings. The number of hydrogen-bond donors (Lipinski definition) is 0. The maximum Gasteiger partial charge on any atom is 0.129 e. The quantitative estimate of drug-likeness (QED) is 0.722. The van der Waals surface area contributed by atoms with Gasteiger partial charge in [0.25, 0.3) is 0 Å². The summed E-state index contributed by atoms with van der Waals surface area (Å²) in [6.45, 7) is 0.405. The van der Waals surface area contributed by atoms with Crippen LogP contribution in [-0.4, -0.2) is 12.4 Å². The summed E-state index contributed by atoms with van der Waals surface area (Å²) < 4.78 is 24.7. The smallest absolute Gasteiger partial charge is 0.129 e. The van der Waals surface area contributed by atoms with E-state index in [9.17, 15) is 4.39 Å². The van der Waals surface area contributed by atoms with Gasteiger partial charge in [0.2, 0.25) is 0 Å². The summed E-state index contributed by atoms with van der Waals surface area (Å²) in [5, 5.41) is 0.540. The van der Waals surface area contributed by atoms with Crippen molar-refractivity contribution in [1.82, 2.24) is 0 Å². The van der Waals surface area contributed by atoms with Crippen molar-refractivity contribution in [2.24, 2.45) is 0 Å². The molecular weight excluding hydrogens is 323 g/mol. The summed E-state index contributed by atoms with van der Waals surface area (Å²) in [6, 6.07) is 14.3. The van der Waals surface area contributed by atoms with Crippen LogP contribution in [0.3, 0.4) is 0 Å². The van der Waals surface area contributed by atoms with E-state index in [1.807, 2.05) is 30.3 Å². The molecule has 0 bridgehead atoms. The van der Waals surface area contributed by atoms with Crippen molar-refractivity contribution in [1.29, 1.82) is 0 Å². The van der Waals surface area contributed by atoms with Crippen LogP contribution in [0.4, 0.5) is 4.39 Å². The van der Waals surface area contributed by atoms with Gasteiger partial charge in [0.05, 0.1) is 19.8 Å². The third-order valence-corrected chi connectivity index (χ3v) is 3.57. The second kappa shape index (κ2) is 7.41. The molecule has 0 aliphatic heterocycles. The molecule has 1 atom stereocenters. The van der Waals surface area contributed by atoms with Crippen molar-refractivity contribution < 1.29 is 13.9 Å². The summed E-state index contributed by atoms with van der Waals surface area (Å²) in [6.07, 6.45) is -0.317. The minimum atomic E-state index is -0.317. The summed E-state index contributed by atoms with van der Waals surface area (Å²) in [4.78, 5) is 0. The Bertz CT molecular complexity index is 560. The van der Waals surface area contributed by atoms with Crippen molar-refractivity contribution >= 4 is 15.9 Å². The van der Waals surface area contributed by atoms with Crippen LogP contribution in [0.1, 0.15) is 17.2 Å². The van der Waals surface area contributed by atoms with Crippen LogP contribution in [-0.2, 0) is 11.3 Å². The van der Waals surface area contributed by atoms with Gasteiger partial charge in [0, 0.05) is 10.9 Å². The fraction of sp³-hybridized carbons (Fsp3) is 0.250. The lowest BCUT2D eigenvalue weighted by molar-refractivity contribution is 0.0541. The molecule has 0 saturated carbocycles. The first-order valence-electron chi connectivity index (χ1n) is 6.29. The van der Waals surface area contributed by atoms with Crippen molar-refractivity contribution in [3.8, 4) is 5.75 Å². The van der Waals surface area contributed by atoms with E-state index < -0.39 is 0 Å². The molecule has 0 N–H and O–H groups in total. The second-order valence-corrected chi connectivity index (χ2v) is 4.97. The molecule has 0 heterocycles. The maximum atomic E-state index is 13.8. The Morgan fingerprint density at radius 2 is 1.95 bits per heavy atom. The van der Waals surface area contributed by atoms with Crippen LogP contribution in [0.15, 0.2) is 48.5 Å². The van der Waals surface area contributed by atoms with Gasteiger partial charge >= 0.3 is 0 Å². The topological polar surface area (TPSA) is 18.5 Å². The molecule has 0 spiro atoms. The zero-order chi connectivity index (χ0) is 14.4. The fourth-order valence-corrected chi connectivity index (χ4v) is 2.45. The van der Waals surface area contributed by atoms with Gasteiger partial charge in [-0.1, -0.05) is 46.3 Å². The summed E-state index contributed by atoms with van der Waals surface area (Å²) in [5.41, 5.74) is 1.55. The number of hydrogen-bond acceptors (Lipinski definition) is 2. The van der Waals surface area contributed by atoms with Gasteiger partial charge in [-0.05, 0) is 23.8 Å². The lowest BCUT2D eigenvalue weighted by atomic mass is 10.1. The minimum Gasteiger partial charge on any atom is -0.497 e. The Balaban J connectivity index is 2.06. The highest BCUT2D eigenvalue weighted by atomic mass is 79.9. The predicted octanol–water partition coefficient (Wildman–Crippen LogP) is 4.49. The second-order valence-electron chi connectivity index (χ2n) is 4.33. The molecule has 4 heteroatoms. The number of benzene rings is 2. The lowest BCUT2D eigenvalue weighted by Gasteiger charge is -2.16. The predicted molar refractivity (Wildman–Crippen MR) is 80.7 cm³/mol. The average molecular weight is 339 g/mol. The fourth-order valence-electron chi connectivity index (χ4n) is 1.91. The number of rotatable bonds is 6. The van der Waals surface area contributed by atoms with Crippen LogP contribution in [0.5, 0.6) is 5.75 Å². The van der Waals surface area contributed by atoms with Gasteiger partial charge in [-0.3, -0.25) is 0 Å². The van der Waals surface area contributed by atoms with Crippen molar-refractivity contribution in [3.63, 3.8) is 0 Å². The zero-order valence-electron chi connectivity index (χ0n) is 11.2. The third kappa shape index (κ3) is 3.81. The first-order valence-corrected chi connectivity index (χ1v) is 7.41. The molecule has 0 aliphatic carbocycles. The Kier molecular flexibility index (Phi) is 5.56. The molecule has 2 aromatic carbocycles. The SMILES string of the molecule is COc1cccc(COC(CBr)c2ccccc2F)c1. The summed E-state index contributed by atoms with van der Waals surface area (Å²) >= 11 is 3.37. The number of halogens is 2. The first kappa shape index (κ1) is 15.0. The average Bonchev–Trinajstić information content (AvgIpc) is 2.49. The van der Waals surface area contributed by atoms with Crippen molar-refractivity contribution in [2.75, 3.05) is 12.4 Å². The van der Waals surface area contributed by atoms with E-state index in [0.717, 1.165) is 11.3 Å². The Labute approximate surface area is 126 Å². The highest BCUT2D eigenvalue weighted by Gasteiger charge is 2.14. The lowest BCUT2D eigenvalue weighted by Crippen LogP contribution is -2.08. The molecule has 2 nitrogen and oxygen atoms in total. The van der Waals surface area contributed by atoms with Gasteiger partial charge in [0.15, 0.2) is 0 Å². The largest absolute Gasteiger partial charge is 0.497 e. The molecule has 0 fully saturated rings. The first-order chi connectivity index (χ1) is 9.74. The molecular formula is C16H16BrFO2. The number of alkyl halides is 1. The van der Waals surface area contributed by atoms with E-state index >= 15 is 0 Å². The highest BCUT2D eigenvalue weighted by Crippen LogP contribution is 2.24. The van der Waals surface area contributed by atoms with Gasteiger partial charge in [-0.2, -0.15) is 0 Å². The standard InChI is InChI=1S/C16H16BrFO2/c1-19-13-6-4-5-12(9-13)11-20-16(10-17)14-7-2-3-8-15(14)18/h2-9,16H,10-11H2,1H3. The molecule has 0 aromatic heterocycles. The molecule has 106 valence electrons. The molecule has 2 aromatic rings. The van der Waals surface area contributed by atoms with E-state index in [0.29, 0.717) is 17.5 Å². The van der Waals surface area contributed by atoms with Crippen molar-refractivity contribution in [2.45, 2.75) is 12.7 Å². The van der Waals surface area contributed by atoms with Crippen LogP contribution >= 0.6 is 15.9 Å². The summed E-state index contributed by atoms with van der Waals surface area (Å²) in [7, 11) is 1.63. The Morgan fingerprint density at radius 3 is 2.65 bits per heavy atom. The normalized spacial score (nSPS) is 12.2. The van der Waals surface area contributed by atoms with Gasteiger partial charge in [-0.15, -0.1) is 0 Å². The van der Waals surface area contributed by atoms with Crippen LogP contribution < -0.4 is 4.74 Å². The number of methoxy groups -OCH3 is 1. The van der Waals surface area contributed by atoms with Gasteiger partial charge < -0.3 is 9.47 Å². The number of ether oxygens (including phenoxy) is 2. The molecule has 0 amide bonds. The highest BCUT2D eigenvalue weighted by molar-refractivity contribution is 9.09. The van der Waals surface area contributed by atoms with E-state index in [1.165, 1.54) is 6.07 Å². The van der Waals surface area contributed by atoms with Crippen LogP contribution in [0.2, 0.25) is 0 Å². The Morgan fingerprint density at radius 1 is 1.15 bits per heavy atom. The van der Waals surface area contributed by atoms with E-state index in [2.05, 4.69) is 15.9 Å². The van der Waals surface area contributed by atoms with Crippen LogP contribution in [0, 0.1) is 5.82 Å². The molecule has 0 saturated heterocycles. The van der Waals surface area contributed by atoms with E-state index in [-0.39, 0.29) is 11.9 Å².